The Morgan fingerprint density at radius 3 is 2.60 bits per heavy atom. The maximum absolute atomic E-state index is 13.5. The van der Waals surface area contributed by atoms with Crippen molar-refractivity contribution in [3.05, 3.63) is 89.7 Å². The van der Waals surface area contributed by atoms with Gasteiger partial charge in [-0.2, -0.15) is 0 Å². The quantitative estimate of drug-likeness (QED) is 0.175. The third kappa shape index (κ3) is 8.72. The highest BCUT2D eigenvalue weighted by Crippen LogP contribution is 2.29. The lowest BCUT2D eigenvalue weighted by Gasteiger charge is -2.34. The average molecular weight is 656 g/mol. The predicted octanol–water partition coefficient (Wildman–Crippen LogP) is 2.43. The van der Waals surface area contributed by atoms with Crippen LogP contribution < -0.4 is 21.1 Å². The fourth-order valence-electron chi connectivity index (χ4n) is 5.58. The molecule has 0 saturated carbocycles. The van der Waals surface area contributed by atoms with Crippen LogP contribution in [-0.2, 0) is 29.1 Å². The zero-order valence-electron chi connectivity index (χ0n) is 27.2. The number of carbonyl (C=O) groups excluding carboxylic acids is 3. The summed E-state index contributed by atoms with van der Waals surface area (Å²) in [5.74, 6) is -0.233. The fourth-order valence-corrected chi connectivity index (χ4v) is 5.58. The molecule has 0 saturated heterocycles. The number of hydrogen-bond donors (Lipinski definition) is 4. The van der Waals surface area contributed by atoms with Gasteiger partial charge in [-0.05, 0) is 72.4 Å². The Bertz CT molecular complexity index is 1710. The van der Waals surface area contributed by atoms with Crippen LogP contribution in [-0.4, -0.2) is 91.7 Å². The molecule has 0 aliphatic carbocycles. The van der Waals surface area contributed by atoms with Gasteiger partial charge in [0.05, 0.1) is 30.4 Å². The number of carbonyl (C=O) groups is 3. The topological polar surface area (TPSA) is 181 Å². The molecule has 3 aromatic carbocycles. The molecule has 1 aliphatic rings. The first-order chi connectivity index (χ1) is 23.1. The molecule has 3 atom stereocenters. The highest BCUT2D eigenvalue weighted by atomic mass is 16.5. The van der Waals surface area contributed by atoms with Crippen LogP contribution in [0.1, 0.15) is 35.3 Å². The molecule has 5 N–H and O–H groups in total. The summed E-state index contributed by atoms with van der Waals surface area (Å²) in [4.78, 5) is 42.7. The number of likely N-dealkylation sites (N-methyl/N-ethyl adjacent to an activating group) is 1. The van der Waals surface area contributed by atoms with Crippen molar-refractivity contribution in [1.29, 1.82) is 0 Å². The van der Waals surface area contributed by atoms with Crippen molar-refractivity contribution in [2.24, 2.45) is 5.92 Å². The second kappa shape index (κ2) is 15.5. The van der Waals surface area contributed by atoms with E-state index in [1.54, 1.807) is 47.4 Å². The standard InChI is InChI=1S/C34H41N9O5/c1-22-16-43(23(2)20-44)33(46)15-26-14-27(37-32(45)19-42-21-36-39-40-42)12-13-30(26)48-31(22)18-41(3)17-24-8-10-25(11-9-24)34(47)38-29-7-5-4-6-28(29)35/h4-14,21-23,31,44H,15-20,35H2,1-3H3,(H,37,45)(H,38,47)/t22-,23-,31-/m0/s1. The largest absolute Gasteiger partial charge is 0.488 e. The Morgan fingerprint density at radius 2 is 1.90 bits per heavy atom. The summed E-state index contributed by atoms with van der Waals surface area (Å²) < 4.78 is 7.93. The molecule has 3 amide bonds. The van der Waals surface area contributed by atoms with Crippen molar-refractivity contribution in [2.75, 3.05) is 43.1 Å². The van der Waals surface area contributed by atoms with Crippen LogP contribution in [0.4, 0.5) is 17.1 Å². The van der Waals surface area contributed by atoms with Crippen molar-refractivity contribution < 1.29 is 24.2 Å². The van der Waals surface area contributed by atoms with E-state index < -0.39 is 0 Å². The second-order valence-corrected chi connectivity index (χ2v) is 12.2. The minimum atomic E-state index is -0.381. The molecule has 14 nitrogen and oxygen atoms in total. The molecule has 48 heavy (non-hydrogen) atoms. The van der Waals surface area contributed by atoms with Crippen LogP contribution in [0.2, 0.25) is 0 Å². The first-order valence-electron chi connectivity index (χ1n) is 15.7. The maximum Gasteiger partial charge on any atom is 0.255 e. The number of ether oxygens (including phenoxy) is 1. The van der Waals surface area contributed by atoms with Crippen LogP contribution in [0.5, 0.6) is 5.75 Å². The number of aliphatic hydroxyl groups excluding tert-OH is 1. The summed E-state index contributed by atoms with van der Waals surface area (Å²) in [5, 5.41) is 26.4. The molecule has 4 aromatic rings. The van der Waals surface area contributed by atoms with Crippen molar-refractivity contribution in [3.8, 4) is 5.75 Å². The van der Waals surface area contributed by atoms with Gasteiger partial charge in [-0.15, -0.1) is 5.10 Å². The SMILES string of the molecule is C[C@H]1CN([C@@H](C)CO)C(=O)Cc2cc(NC(=O)Cn3cnnn3)ccc2O[C@H]1CN(C)Cc1ccc(C(=O)Nc2ccccc2N)cc1. The number of tetrazole rings is 1. The monoisotopic (exact) mass is 655 g/mol. The van der Waals surface area contributed by atoms with E-state index >= 15 is 0 Å². The number of para-hydroxylation sites is 2. The number of fused-ring (bicyclic) bond motifs is 1. The summed E-state index contributed by atoms with van der Waals surface area (Å²) in [6, 6.07) is 19.4. The Kier molecular flexibility index (Phi) is 11.0. The van der Waals surface area contributed by atoms with Crippen molar-refractivity contribution in [2.45, 2.75) is 45.5 Å². The van der Waals surface area contributed by atoms with E-state index in [4.69, 9.17) is 10.5 Å². The molecule has 14 heteroatoms. The molecule has 0 bridgehead atoms. The van der Waals surface area contributed by atoms with Gasteiger partial charge in [0.2, 0.25) is 11.8 Å². The summed E-state index contributed by atoms with van der Waals surface area (Å²) in [6.45, 7) is 5.15. The number of hydrogen-bond acceptors (Lipinski definition) is 10. The lowest BCUT2D eigenvalue weighted by molar-refractivity contribution is -0.134. The molecule has 252 valence electrons. The number of amides is 3. The number of nitrogens with one attached hydrogen (secondary N) is 2. The average Bonchev–Trinajstić information content (AvgIpc) is 3.58. The molecule has 0 unspecified atom stereocenters. The summed E-state index contributed by atoms with van der Waals surface area (Å²) in [7, 11) is 1.99. The van der Waals surface area contributed by atoms with Gasteiger partial charge in [0.1, 0.15) is 24.7 Å². The van der Waals surface area contributed by atoms with E-state index in [-0.39, 0.29) is 55.4 Å². The molecule has 1 aromatic heterocycles. The molecular formula is C34H41N9O5. The zero-order valence-corrected chi connectivity index (χ0v) is 27.2. The Labute approximate surface area is 278 Å². The van der Waals surface area contributed by atoms with Crippen LogP contribution in [0.15, 0.2) is 73.1 Å². The van der Waals surface area contributed by atoms with Gasteiger partial charge >= 0.3 is 0 Å². The van der Waals surface area contributed by atoms with Crippen molar-refractivity contribution >= 4 is 34.8 Å². The van der Waals surface area contributed by atoms with Gasteiger partial charge in [-0.25, -0.2) is 4.68 Å². The number of nitrogens with two attached hydrogens (primary N) is 1. The van der Waals surface area contributed by atoms with Crippen molar-refractivity contribution in [3.63, 3.8) is 0 Å². The molecule has 2 heterocycles. The third-order valence-corrected chi connectivity index (χ3v) is 8.27. The number of anilines is 3. The summed E-state index contributed by atoms with van der Waals surface area (Å²) >= 11 is 0. The first-order valence-corrected chi connectivity index (χ1v) is 15.7. The molecule has 0 radical (unpaired) electrons. The smallest absolute Gasteiger partial charge is 0.255 e. The third-order valence-electron chi connectivity index (χ3n) is 8.27. The number of aromatic nitrogens is 4. The maximum atomic E-state index is 13.5. The molecule has 0 spiro atoms. The highest BCUT2D eigenvalue weighted by molar-refractivity contribution is 6.05. The van der Waals surface area contributed by atoms with Gasteiger partial charge in [-0.1, -0.05) is 31.2 Å². The fraction of sp³-hybridized carbons (Fsp3) is 0.353. The first kappa shape index (κ1) is 34.0. The van der Waals surface area contributed by atoms with E-state index in [0.717, 1.165) is 5.56 Å². The lowest BCUT2D eigenvalue weighted by Crippen LogP contribution is -2.47. The normalized spacial score (nSPS) is 17.0. The Balaban J connectivity index is 1.29. The van der Waals surface area contributed by atoms with Gasteiger partial charge in [0, 0.05) is 42.4 Å². The Morgan fingerprint density at radius 1 is 1.12 bits per heavy atom. The van der Waals surface area contributed by atoms with E-state index in [1.807, 2.05) is 45.2 Å². The number of rotatable bonds is 11. The minimum Gasteiger partial charge on any atom is -0.488 e. The van der Waals surface area contributed by atoms with Gasteiger partial charge in [0.15, 0.2) is 0 Å². The van der Waals surface area contributed by atoms with Crippen LogP contribution in [0, 0.1) is 5.92 Å². The number of nitrogen functional groups attached to an aromatic ring is 1. The Hall–Kier alpha value is -5.34. The number of nitrogens with zero attached hydrogens (tertiary/aromatic N) is 6. The van der Waals surface area contributed by atoms with Gasteiger partial charge < -0.3 is 31.1 Å². The van der Waals surface area contributed by atoms with Crippen LogP contribution >= 0.6 is 0 Å². The van der Waals surface area contributed by atoms with E-state index in [1.165, 1.54) is 11.0 Å². The van der Waals surface area contributed by atoms with Crippen LogP contribution in [0.25, 0.3) is 0 Å². The number of aliphatic hydroxyl groups is 1. The summed E-state index contributed by atoms with van der Waals surface area (Å²) in [5.41, 5.74) is 9.69. The van der Waals surface area contributed by atoms with Gasteiger partial charge in [0.25, 0.3) is 5.91 Å². The molecule has 1 aliphatic heterocycles. The summed E-state index contributed by atoms with van der Waals surface area (Å²) in [6.07, 6.45) is 1.08. The number of benzene rings is 3. The van der Waals surface area contributed by atoms with Crippen molar-refractivity contribution in [1.82, 2.24) is 30.0 Å². The predicted molar refractivity (Wildman–Crippen MR) is 180 cm³/mol. The minimum absolute atomic E-state index is 0.0441. The van der Waals surface area contributed by atoms with E-state index in [2.05, 4.69) is 31.1 Å². The van der Waals surface area contributed by atoms with E-state index in [0.29, 0.717) is 53.6 Å². The van der Waals surface area contributed by atoms with Gasteiger partial charge in [-0.3, -0.25) is 19.3 Å². The zero-order chi connectivity index (χ0) is 34.2. The lowest BCUT2D eigenvalue weighted by atomic mass is 10.0. The highest BCUT2D eigenvalue weighted by Gasteiger charge is 2.31. The molecule has 5 rings (SSSR count). The van der Waals surface area contributed by atoms with Crippen LogP contribution in [0.3, 0.4) is 0 Å². The second-order valence-electron chi connectivity index (χ2n) is 12.2. The molecular weight excluding hydrogens is 614 g/mol. The van der Waals surface area contributed by atoms with E-state index in [9.17, 15) is 19.5 Å². The molecule has 0 fully saturated rings.